The number of rotatable bonds is 4. The van der Waals surface area contributed by atoms with Gasteiger partial charge in [0.25, 0.3) is 5.91 Å². The van der Waals surface area contributed by atoms with Crippen molar-refractivity contribution in [2.45, 2.75) is 0 Å². The summed E-state index contributed by atoms with van der Waals surface area (Å²) in [6, 6.07) is 8.61. The summed E-state index contributed by atoms with van der Waals surface area (Å²) in [5.74, 6) is 0.0980. The van der Waals surface area contributed by atoms with Crippen LogP contribution in [0.4, 0.5) is 17.1 Å². The van der Waals surface area contributed by atoms with Crippen LogP contribution in [-0.2, 0) is 0 Å². The first-order valence-electron chi connectivity index (χ1n) is 5.92. The van der Waals surface area contributed by atoms with Gasteiger partial charge in [-0.25, -0.2) is 0 Å². The molecule has 7 heteroatoms. The van der Waals surface area contributed by atoms with Gasteiger partial charge in [0, 0.05) is 10.5 Å². The number of methoxy groups -OCH3 is 1. The predicted molar refractivity (Wildman–Crippen MR) is 91.0 cm³/mol. The summed E-state index contributed by atoms with van der Waals surface area (Å²) >= 11 is 6.85. The van der Waals surface area contributed by atoms with E-state index >= 15 is 0 Å². The SMILES string of the molecule is COc1cc(Nc2c(N)cccc2C(N)=O)c(Br)cc1Br. The Morgan fingerprint density at radius 3 is 2.57 bits per heavy atom. The molecule has 0 saturated heterocycles. The number of hydrogen-bond acceptors (Lipinski definition) is 4. The second-order valence-corrected chi connectivity index (χ2v) is 5.93. The van der Waals surface area contributed by atoms with Gasteiger partial charge >= 0.3 is 0 Å². The average molecular weight is 415 g/mol. The van der Waals surface area contributed by atoms with Crippen LogP contribution in [0.5, 0.6) is 5.75 Å². The molecule has 0 aliphatic heterocycles. The second kappa shape index (κ2) is 6.36. The molecular formula is C14H13Br2N3O2. The van der Waals surface area contributed by atoms with Crippen LogP contribution < -0.4 is 21.5 Å². The van der Waals surface area contributed by atoms with Crippen LogP contribution in [0, 0.1) is 0 Å². The van der Waals surface area contributed by atoms with Crippen molar-refractivity contribution in [3.05, 3.63) is 44.8 Å². The van der Waals surface area contributed by atoms with Crippen LogP contribution in [0.1, 0.15) is 10.4 Å². The number of nitrogen functional groups attached to an aromatic ring is 1. The minimum Gasteiger partial charge on any atom is -0.495 e. The number of benzene rings is 2. The van der Waals surface area contributed by atoms with Crippen LogP contribution in [0.2, 0.25) is 0 Å². The Hall–Kier alpha value is -1.73. The highest BCUT2D eigenvalue weighted by Crippen LogP contribution is 2.37. The number of nitrogens with two attached hydrogens (primary N) is 2. The fourth-order valence-electron chi connectivity index (χ4n) is 1.83. The van der Waals surface area contributed by atoms with Gasteiger partial charge in [0.05, 0.1) is 34.2 Å². The lowest BCUT2D eigenvalue weighted by Gasteiger charge is -2.15. The molecule has 0 bridgehead atoms. The molecule has 0 radical (unpaired) electrons. The fraction of sp³-hybridized carbons (Fsp3) is 0.0714. The second-order valence-electron chi connectivity index (χ2n) is 4.23. The molecule has 0 aliphatic carbocycles. The van der Waals surface area contributed by atoms with Gasteiger partial charge in [-0.1, -0.05) is 6.07 Å². The molecule has 5 nitrogen and oxygen atoms in total. The minimum absolute atomic E-state index is 0.323. The first-order valence-corrected chi connectivity index (χ1v) is 7.51. The Labute approximate surface area is 138 Å². The lowest BCUT2D eigenvalue weighted by molar-refractivity contribution is 0.100. The van der Waals surface area contributed by atoms with Crippen molar-refractivity contribution in [3.8, 4) is 5.75 Å². The number of para-hydroxylation sites is 1. The number of halogens is 2. The first kappa shape index (κ1) is 15.7. The van der Waals surface area contributed by atoms with Gasteiger partial charge in [0.1, 0.15) is 5.75 Å². The van der Waals surface area contributed by atoms with Gasteiger partial charge in [0.15, 0.2) is 0 Å². The summed E-state index contributed by atoms with van der Waals surface area (Å²) in [6.07, 6.45) is 0. The normalized spacial score (nSPS) is 10.2. The van der Waals surface area contributed by atoms with E-state index in [2.05, 4.69) is 37.2 Å². The number of ether oxygens (including phenoxy) is 1. The molecule has 0 spiro atoms. The number of primary amides is 1. The lowest BCUT2D eigenvalue weighted by atomic mass is 10.1. The molecule has 0 heterocycles. The predicted octanol–water partition coefficient (Wildman–Crippen LogP) is 3.64. The zero-order valence-electron chi connectivity index (χ0n) is 11.1. The average Bonchev–Trinajstić information content (AvgIpc) is 2.43. The molecule has 2 aromatic rings. The molecular weight excluding hydrogens is 402 g/mol. The molecule has 0 unspecified atom stereocenters. The maximum absolute atomic E-state index is 11.5. The number of amides is 1. The summed E-state index contributed by atoms with van der Waals surface area (Å²) in [5, 5.41) is 3.12. The van der Waals surface area contributed by atoms with Crippen molar-refractivity contribution in [1.82, 2.24) is 0 Å². The van der Waals surface area contributed by atoms with Crippen molar-refractivity contribution in [1.29, 1.82) is 0 Å². The van der Waals surface area contributed by atoms with E-state index in [4.69, 9.17) is 16.2 Å². The maximum atomic E-state index is 11.5. The molecule has 0 aromatic heterocycles. The van der Waals surface area contributed by atoms with E-state index in [0.29, 0.717) is 28.4 Å². The van der Waals surface area contributed by atoms with E-state index in [-0.39, 0.29) is 0 Å². The number of carbonyl (C=O) groups is 1. The van der Waals surface area contributed by atoms with Gasteiger partial charge < -0.3 is 21.5 Å². The third-order valence-corrected chi connectivity index (χ3v) is 4.14. The van der Waals surface area contributed by atoms with Crippen molar-refractivity contribution < 1.29 is 9.53 Å². The van der Waals surface area contributed by atoms with Crippen molar-refractivity contribution in [3.63, 3.8) is 0 Å². The van der Waals surface area contributed by atoms with E-state index in [9.17, 15) is 4.79 Å². The largest absolute Gasteiger partial charge is 0.495 e. The molecule has 2 rings (SSSR count). The summed E-state index contributed by atoms with van der Waals surface area (Å²) < 4.78 is 6.85. The zero-order valence-corrected chi connectivity index (χ0v) is 14.3. The van der Waals surface area contributed by atoms with Gasteiger partial charge in [-0.3, -0.25) is 4.79 Å². The first-order chi connectivity index (χ1) is 9.93. The minimum atomic E-state index is -0.551. The Morgan fingerprint density at radius 2 is 1.95 bits per heavy atom. The van der Waals surface area contributed by atoms with Crippen LogP contribution in [0.3, 0.4) is 0 Å². The molecule has 0 saturated carbocycles. The van der Waals surface area contributed by atoms with Crippen molar-refractivity contribution in [2.75, 3.05) is 18.2 Å². The molecule has 21 heavy (non-hydrogen) atoms. The van der Waals surface area contributed by atoms with Gasteiger partial charge in [-0.15, -0.1) is 0 Å². The lowest BCUT2D eigenvalue weighted by Crippen LogP contribution is -2.14. The smallest absolute Gasteiger partial charge is 0.250 e. The number of nitrogens with one attached hydrogen (secondary N) is 1. The highest BCUT2D eigenvalue weighted by molar-refractivity contribution is 9.11. The number of hydrogen-bond donors (Lipinski definition) is 3. The molecule has 0 atom stereocenters. The Balaban J connectivity index is 2.50. The fourth-order valence-corrected chi connectivity index (χ4v) is 3.09. The number of carbonyl (C=O) groups excluding carboxylic acids is 1. The zero-order chi connectivity index (χ0) is 15.6. The van der Waals surface area contributed by atoms with E-state index in [1.807, 2.05) is 6.07 Å². The van der Waals surface area contributed by atoms with E-state index in [1.165, 1.54) is 0 Å². The monoisotopic (exact) mass is 413 g/mol. The van der Waals surface area contributed by atoms with Crippen LogP contribution >= 0.6 is 31.9 Å². The summed E-state index contributed by atoms with van der Waals surface area (Å²) in [5.41, 5.74) is 13.2. The third-order valence-electron chi connectivity index (χ3n) is 2.86. The quantitative estimate of drug-likeness (QED) is 0.666. The molecule has 1 amide bonds. The van der Waals surface area contributed by atoms with Crippen molar-refractivity contribution in [2.24, 2.45) is 5.73 Å². The summed E-state index contributed by atoms with van der Waals surface area (Å²) in [4.78, 5) is 11.5. The Bertz CT molecular complexity index is 705. The topological polar surface area (TPSA) is 90.4 Å². The summed E-state index contributed by atoms with van der Waals surface area (Å²) in [7, 11) is 1.57. The summed E-state index contributed by atoms with van der Waals surface area (Å²) in [6.45, 7) is 0. The van der Waals surface area contributed by atoms with E-state index in [1.54, 1.807) is 31.4 Å². The third kappa shape index (κ3) is 3.30. The van der Waals surface area contributed by atoms with Gasteiger partial charge in [-0.2, -0.15) is 0 Å². The molecule has 110 valence electrons. The standard InChI is InChI=1S/C14H13Br2N3O2/c1-21-12-6-11(8(15)5-9(12)16)19-13-7(14(18)20)3-2-4-10(13)17/h2-6,19H,17H2,1H3,(H2,18,20). The van der Waals surface area contributed by atoms with E-state index < -0.39 is 5.91 Å². The Kier molecular flexibility index (Phi) is 4.74. The molecule has 0 aliphatic rings. The van der Waals surface area contributed by atoms with Crippen LogP contribution in [0.15, 0.2) is 39.3 Å². The highest BCUT2D eigenvalue weighted by Gasteiger charge is 2.14. The van der Waals surface area contributed by atoms with Crippen molar-refractivity contribution >= 4 is 54.8 Å². The molecule has 2 aromatic carbocycles. The maximum Gasteiger partial charge on any atom is 0.250 e. The number of anilines is 3. The van der Waals surface area contributed by atoms with E-state index in [0.717, 1.165) is 8.95 Å². The van der Waals surface area contributed by atoms with Gasteiger partial charge in [0.2, 0.25) is 0 Å². The van der Waals surface area contributed by atoms with Crippen LogP contribution in [-0.4, -0.2) is 13.0 Å². The van der Waals surface area contributed by atoms with Crippen LogP contribution in [0.25, 0.3) is 0 Å². The molecule has 5 N–H and O–H groups in total. The Morgan fingerprint density at radius 1 is 1.24 bits per heavy atom. The highest BCUT2D eigenvalue weighted by atomic mass is 79.9. The van der Waals surface area contributed by atoms with Gasteiger partial charge in [-0.05, 0) is 50.1 Å². The molecule has 0 fully saturated rings.